The van der Waals surface area contributed by atoms with Gasteiger partial charge in [0.2, 0.25) is 0 Å². The van der Waals surface area contributed by atoms with Gasteiger partial charge >= 0.3 is 0 Å². The van der Waals surface area contributed by atoms with E-state index in [4.69, 9.17) is 4.74 Å². The molecule has 6 heteroatoms. The van der Waals surface area contributed by atoms with Crippen LogP contribution < -0.4 is 10.1 Å². The number of hydrogen-bond acceptors (Lipinski definition) is 4. The lowest BCUT2D eigenvalue weighted by molar-refractivity contribution is 0.0927. The van der Waals surface area contributed by atoms with Crippen molar-refractivity contribution in [1.29, 1.82) is 0 Å². The molecular formula is C21H18N4O2. The summed E-state index contributed by atoms with van der Waals surface area (Å²) in [6.07, 6.45) is -0.479. The minimum atomic E-state index is -0.479. The third kappa shape index (κ3) is 3.37. The lowest BCUT2D eigenvalue weighted by Crippen LogP contribution is -2.33. The molecule has 0 bridgehead atoms. The van der Waals surface area contributed by atoms with Crippen LogP contribution in [0.4, 0.5) is 0 Å². The zero-order valence-electron chi connectivity index (χ0n) is 14.7. The maximum absolute atomic E-state index is 12.8. The summed E-state index contributed by atoms with van der Waals surface area (Å²) >= 11 is 0. The van der Waals surface area contributed by atoms with Gasteiger partial charge in [0.1, 0.15) is 11.3 Å². The van der Waals surface area contributed by atoms with Crippen molar-refractivity contribution in [1.82, 2.24) is 20.3 Å². The van der Waals surface area contributed by atoms with E-state index in [0.717, 1.165) is 16.6 Å². The molecule has 0 saturated carbocycles. The topological polar surface area (TPSA) is 69.0 Å². The zero-order chi connectivity index (χ0) is 18.6. The Hall–Kier alpha value is -3.67. The third-order valence-corrected chi connectivity index (χ3v) is 4.36. The molecule has 1 unspecified atom stereocenters. The first-order valence-corrected chi connectivity index (χ1v) is 8.56. The Bertz CT molecular complexity index is 1060. The Morgan fingerprint density at radius 1 is 0.963 bits per heavy atom. The molecular weight excluding hydrogens is 340 g/mol. The van der Waals surface area contributed by atoms with Crippen molar-refractivity contribution in [3.63, 3.8) is 0 Å². The summed E-state index contributed by atoms with van der Waals surface area (Å²) in [6.45, 7) is 0. The highest BCUT2D eigenvalue weighted by atomic mass is 16.5. The number of nitrogens with zero attached hydrogens (tertiary/aromatic N) is 3. The maximum atomic E-state index is 12.8. The fraction of sp³-hybridized carbons (Fsp3) is 0.0952. The summed E-state index contributed by atoms with van der Waals surface area (Å²) in [5, 5.41) is 11.6. The van der Waals surface area contributed by atoms with E-state index in [1.807, 2.05) is 54.6 Å². The standard InChI is InChI=1S/C21H18N4O2/c1-27-17-13-11-16(12-14-17)21(26)22-20(15-7-3-2-4-8-15)25-19-10-6-5-9-18(19)23-24-25/h2-14,20H,1H3,(H,22,26). The molecule has 4 aromatic rings. The van der Waals surface area contributed by atoms with Gasteiger partial charge in [-0.15, -0.1) is 5.10 Å². The second-order valence-corrected chi connectivity index (χ2v) is 6.04. The highest BCUT2D eigenvalue weighted by Crippen LogP contribution is 2.21. The number of carbonyl (C=O) groups excluding carboxylic acids is 1. The number of rotatable bonds is 5. The van der Waals surface area contributed by atoms with E-state index < -0.39 is 6.17 Å². The molecule has 1 N–H and O–H groups in total. The predicted molar refractivity (Wildman–Crippen MR) is 103 cm³/mol. The summed E-state index contributed by atoms with van der Waals surface area (Å²) in [5.41, 5.74) is 3.08. The highest BCUT2D eigenvalue weighted by molar-refractivity contribution is 5.94. The lowest BCUT2D eigenvalue weighted by atomic mass is 10.1. The van der Waals surface area contributed by atoms with E-state index in [-0.39, 0.29) is 5.91 Å². The van der Waals surface area contributed by atoms with E-state index in [1.165, 1.54) is 0 Å². The van der Waals surface area contributed by atoms with E-state index in [9.17, 15) is 4.79 Å². The molecule has 0 saturated heterocycles. The number of fused-ring (bicyclic) bond motifs is 1. The van der Waals surface area contributed by atoms with Gasteiger partial charge in [-0.3, -0.25) is 4.79 Å². The van der Waals surface area contributed by atoms with Crippen LogP contribution in [0.15, 0.2) is 78.9 Å². The predicted octanol–water partition coefficient (Wildman–Crippen LogP) is 3.42. The zero-order valence-corrected chi connectivity index (χ0v) is 14.7. The molecule has 0 aliphatic carbocycles. The SMILES string of the molecule is COc1ccc(C(=O)NC(c2ccccc2)n2nnc3ccccc32)cc1. The largest absolute Gasteiger partial charge is 0.497 e. The summed E-state index contributed by atoms with van der Waals surface area (Å²) in [6, 6.07) is 24.4. The minimum absolute atomic E-state index is 0.203. The number of benzene rings is 3. The Kier molecular flexibility index (Phi) is 4.53. The van der Waals surface area contributed by atoms with Gasteiger partial charge in [-0.2, -0.15) is 0 Å². The number of amides is 1. The van der Waals surface area contributed by atoms with Gasteiger partial charge in [0.05, 0.1) is 12.6 Å². The van der Waals surface area contributed by atoms with Crippen molar-refractivity contribution in [2.24, 2.45) is 0 Å². The number of nitrogens with one attached hydrogen (secondary N) is 1. The van der Waals surface area contributed by atoms with Crippen LogP contribution in [0.2, 0.25) is 0 Å². The van der Waals surface area contributed by atoms with Gasteiger partial charge in [0.25, 0.3) is 5.91 Å². The molecule has 0 fully saturated rings. The van der Waals surface area contributed by atoms with Gasteiger partial charge < -0.3 is 10.1 Å². The van der Waals surface area contributed by atoms with Gasteiger partial charge in [0.15, 0.2) is 6.17 Å². The van der Waals surface area contributed by atoms with E-state index in [1.54, 1.807) is 36.1 Å². The fourth-order valence-electron chi connectivity index (χ4n) is 2.95. The molecule has 1 atom stereocenters. The lowest BCUT2D eigenvalue weighted by Gasteiger charge is -2.20. The Balaban J connectivity index is 1.71. The van der Waals surface area contributed by atoms with Gasteiger partial charge in [-0.05, 0) is 42.0 Å². The van der Waals surface area contributed by atoms with Crippen LogP contribution in [0, 0.1) is 0 Å². The normalized spacial score (nSPS) is 11.9. The average Bonchev–Trinajstić information content (AvgIpc) is 3.16. The molecule has 134 valence electrons. The number of carbonyl (C=O) groups is 1. The van der Waals surface area contributed by atoms with E-state index in [0.29, 0.717) is 11.3 Å². The van der Waals surface area contributed by atoms with Crippen LogP contribution in [-0.2, 0) is 0 Å². The first-order valence-electron chi connectivity index (χ1n) is 8.56. The first-order chi connectivity index (χ1) is 13.3. The number of methoxy groups -OCH3 is 1. The van der Waals surface area contributed by atoms with Crippen LogP contribution in [0.1, 0.15) is 22.1 Å². The van der Waals surface area contributed by atoms with Crippen LogP contribution in [0.3, 0.4) is 0 Å². The quantitative estimate of drug-likeness (QED) is 0.593. The second kappa shape index (κ2) is 7.29. The fourth-order valence-corrected chi connectivity index (χ4v) is 2.95. The molecule has 1 aromatic heterocycles. The van der Waals surface area contributed by atoms with E-state index >= 15 is 0 Å². The molecule has 1 heterocycles. The van der Waals surface area contributed by atoms with Crippen molar-refractivity contribution in [3.8, 4) is 5.75 Å². The van der Waals surface area contributed by atoms with Crippen molar-refractivity contribution >= 4 is 16.9 Å². The molecule has 0 aliphatic heterocycles. The van der Waals surface area contributed by atoms with E-state index in [2.05, 4.69) is 15.6 Å². The van der Waals surface area contributed by atoms with Crippen LogP contribution in [-0.4, -0.2) is 28.0 Å². The summed E-state index contributed by atoms with van der Waals surface area (Å²) in [4.78, 5) is 12.8. The number of ether oxygens (including phenoxy) is 1. The van der Waals surface area contributed by atoms with Gasteiger partial charge in [0, 0.05) is 5.56 Å². The highest BCUT2D eigenvalue weighted by Gasteiger charge is 2.20. The van der Waals surface area contributed by atoms with Crippen molar-refractivity contribution in [3.05, 3.63) is 90.0 Å². The summed E-state index contributed by atoms with van der Waals surface area (Å²) in [7, 11) is 1.59. The van der Waals surface area contributed by atoms with Crippen LogP contribution in [0.5, 0.6) is 5.75 Å². The molecule has 4 rings (SSSR count). The molecule has 0 radical (unpaired) electrons. The van der Waals surface area contributed by atoms with Crippen molar-refractivity contribution in [2.75, 3.05) is 7.11 Å². The molecule has 0 aliphatic rings. The summed E-state index contributed by atoms with van der Waals surface area (Å²) in [5.74, 6) is 0.500. The minimum Gasteiger partial charge on any atom is -0.497 e. The number of para-hydroxylation sites is 1. The molecule has 27 heavy (non-hydrogen) atoms. The monoisotopic (exact) mass is 358 g/mol. The Morgan fingerprint density at radius 3 is 2.41 bits per heavy atom. The summed E-state index contributed by atoms with van der Waals surface area (Å²) < 4.78 is 6.88. The second-order valence-electron chi connectivity index (χ2n) is 6.04. The third-order valence-electron chi connectivity index (χ3n) is 4.36. The average molecular weight is 358 g/mol. The van der Waals surface area contributed by atoms with Gasteiger partial charge in [-0.1, -0.05) is 47.7 Å². The Morgan fingerprint density at radius 2 is 1.67 bits per heavy atom. The molecule has 3 aromatic carbocycles. The Labute approximate surface area is 156 Å². The van der Waals surface area contributed by atoms with Gasteiger partial charge in [-0.25, -0.2) is 4.68 Å². The number of aromatic nitrogens is 3. The first kappa shape index (κ1) is 16.8. The van der Waals surface area contributed by atoms with Crippen LogP contribution >= 0.6 is 0 Å². The van der Waals surface area contributed by atoms with Crippen molar-refractivity contribution < 1.29 is 9.53 Å². The maximum Gasteiger partial charge on any atom is 0.253 e. The molecule has 6 nitrogen and oxygen atoms in total. The molecule has 1 amide bonds. The van der Waals surface area contributed by atoms with Crippen molar-refractivity contribution in [2.45, 2.75) is 6.17 Å². The number of hydrogen-bond donors (Lipinski definition) is 1. The smallest absolute Gasteiger partial charge is 0.253 e. The van der Waals surface area contributed by atoms with Crippen LogP contribution in [0.25, 0.3) is 11.0 Å². The molecule has 0 spiro atoms.